The molecule has 1 fully saturated rings. The predicted octanol–water partition coefficient (Wildman–Crippen LogP) is 0.925. The van der Waals surface area contributed by atoms with Crippen LogP contribution in [0.4, 0.5) is 11.8 Å². The number of likely N-dealkylation sites (tertiary alicyclic amines) is 1. The zero-order chi connectivity index (χ0) is 14.7. The summed E-state index contributed by atoms with van der Waals surface area (Å²) >= 11 is 0. The first kappa shape index (κ1) is 14.0. The van der Waals surface area contributed by atoms with Crippen molar-refractivity contribution in [2.45, 2.75) is 32.2 Å². The maximum atomic E-state index is 5.41. The van der Waals surface area contributed by atoms with Gasteiger partial charge < -0.3 is 5.32 Å². The van der Waals surface area contributed by atoms with Crippen LogP contribution in [-0.2, 0) is 0 Å². The summed E-state index contributed by atoms with van der Waals surface area (Å²) in [5.41, 5.74) is 3.15. The van der Waals surface area contributed by atoms with Crippen molar-refractivity contribution in [1.82, 2.24) is 25.1 Å². The molecule has 0 spiro atoms. The largest absolute Gasteiger partial charge is 0.368 e. The van der Waals surface area contributed by atoms with E-state index in [1.54, 1.807) is 6.20 Å². The third kappa shape index (κ3) is 3.06. The predicted molar refractivity (Wildman–Crippen MR) is 82.9 cm³/mol. The van der Waals surface area contributed by atoms with Gasteiger partial charge in [0.05, 0.1) is 11.6 Å². The highest BCUT2D eigenvalue weighted by molar-refractivity contribution is 5.86. The minimum absolute atomic E-state index is 0.375. The van der Waals surface area contributed by atoms with Crippen LogP contribution in [0.5, 0.6) is 0 Å². The molecule has 1 atom stereocenters. The number of anilines is 2. The number of nitrogens with zero attached hydrogens (tertiary/aromatic N) is 4. The Morgan fingerprint density at radius 2 is 2.14 bits per heavy atom. The zero-order valence-electron chi connectivity index (χ0n) is 12.3. The Hall–Kier alpha value is -1.93. The number of aromatic amines is 1. The SMILES string of the molecule is CC(CNc1nc(NN)nc2[nH]ncc12)N1CCCCC1. The molecule has 3 heterocycles. The molecule has 0 amide bonds. The van der Waals surface area contributed by atoms with E-state index < -0.39 is 0 Å². The lowest BCUT2D eigenvalue weighted by atomic mass is 10.1. The molecule has 0 bridgehead atoms. The summed E-state index contributed by atoms with van der Waals surface area (Å²) in [6.45, 7) is 5.45. The van der Waals surface area contributed by atoms with Crippen LogP contribution in [0.25, 0.3) is 11.0 Å². The number of hydrogen-bond donors (Lipinski definition) is 4. The smallest absolute Gasteiger partial charge is 0.241 e. The van der Waals surface area contributed by atoms with E-state index in [0.717, 1.165) is 17.7 Å². The van der Waals surface area contributed by atoms with Crippen molar-refractivity contribution in [2.24, 2.45) is 5.84 Å². The van der Waals surface area contributed by atoms with Gasteiger partial charge in [-0.3, -0.25) is 15.4 Å². The van der Waals surface area contributed by atoms with Gasteiger partial charge in [0.15, 0.2) is 5.65 Å². The Morgan fingerprint density at radius 1 is 1.33 bits per heavy atom. The summed E-state index contributed by atoms with van der Waals surface area (Å²) in [4.78, 5) is 11.1. The van der Waals surface area contributed by atoms with Gasteiger partial charge in [-0.15, -0.1) is 0 Å². The second-order valence-corrected chi connectivity index (χ2v) is 5.50. The standard InChI is InChI=1S/C13H22N8/c1-9(21-5-3-2-4-6-21)7-15-11-10-8-16-20-12(10)18-13(17-11)19-14/h8-9H,2-7,14H2,1H3,(H3,15,16,17,18,19,20). The molecule has 21 heavy (non-hydrogen) atoms. The number of hydrogen-bond acceptors (Lipinski definition) is 7. The first-order chi connectivity index (χ1) is 10.3. The summed E-state index contributed by atoms with van der Waals surface area (Å²) in [6.07, 6.45) is 5.67. The number of rotatable bonds is 5. The zero-order valence-corrected chi connectivity index (χ0v) is 12.3. The van der Waals surface area contributed by atoms with Gasteiger partial charge >= 0.3 is 0 Å². The van der Waals surface area contributed by atoms with E-state index >= 15 is 0 Å². The summed E-state index contributed by atoms with van der Waals surface area (Å²) in [5.74, 6) is 6.54. The van der Waals surface area contributed by atoms with Crippen molar-refractivity contribution in [2.75, 3.05) is 30.4 Å². The molecule has 2 aromatic rings. The van der Waals surface area contributed by atoms with Crippen LogP contribution < -0.4 is 16.6 Å². The molecule has 8 heteroatoms. The number of nitrogen functional groups attached to an aromatic ring is 1. The van der Waals surface area contributed by atoms with Crippen LogP contribution in [-0.4, -0.2) is 50.7 Å². The van der Waals surface area contributed by atoms with E-state index in [2.05, 4.69) is 42.7 Å². The molecule has 0 saturated carbocycles. The van der Waals surface area contributed by atoms with Gasteiger partial charge in [0.1, 0.15) is 5.82 Å². The highest BCUT2D eigenvalue weighted by atomic mass is 15.3. The molecule has 1 aliphatic heterocycles. The normalized spacial score (nSPS) is 17.8. The van der Waals surface area contributed by atoms with Gasteiger partial charge in [0.25, 0.3) is 0 Å². The second kappa shape index (κ2) is 6.23. The summed E-state index contributed by atoms with van der Waals surface area (Å²) in [5, 5.41) is 11.1. The second-order valence-electron chi connectivity index (χ2n) is 5.50. The van der Waals surface area contributed by atoms with Crippen molar-refractivity contribution in [3.63, 3.8) is 0 Å². The highest BCUT2D eigenvalue weighted by Gasteiger charge is 2.17. The van der Waals surface area contributed by atoms with Crippen LogP contribution in [0, 0.1) is 0 Å². The lowest BCUT2D eigenvalue weighted by Crippen LogP contribution is -2.41. The average Bonchev–Trinajstić information content (AvgIpc) is 3.01. The van der Waals surface area contributed by atoms with Gasteiger partial charge in [-0.05, 0) is 32.9 Å². The Bertz CT molecular complexity index is 589. The molecule has 2 aromatic heterocycles. The quantitative estimate of drug-likeness (QED) is 0.479. The van der Waals surface area contributed by atoms with Crippen molar-refractivity contribution in [3.05, 3.63) is 6.20 Å². The minimum atomic E-state index is 0.375. The van der Waals surface area contributed by atoms with E-state index in [1.807, 2.05) is 0 Å². The minimum Gasteiger partial charge on any atom is -0.368 e. The van der Waals surface area contributed by atoms with Crippen molar-refractivity contribution >= 4 is 22.8 Å². The van der Waals surface area contributed by atoms with Crippen molar-refractivity contribution in [1.29, 1.82) is 0 Å². The number of nitrogens with one attached hydrogen (secondary N) is 3. The average molecular weight is 290 g/mol. The summed E-state index contributed by atoms with van der Waals surface area (Å²) < 4.78 is 0. The number of hydrazine groups is 1. The van der Waals surface area contributed by atoms with Gasteiger partial charge in [-0.1, -0.05) is 6.42 Å². The molecule has 1 saturated heterocycles. The molecule has 5 N–H and O–H groups in total. The topological polar surface area (TPSA) is 108 Å². The van der Waals surface area contributed by atoms with Crippen molar-refractivity contribution < 1.29 is 0 Å². The Balaban J connectivity index is 1.70. The molecule has 8 nitrogen and oxygen atoms in total. The van der Waals surface area contributed by atoms with E-state index in [9.17, 15) is 0 Å². The van der Waals surface area contributed by atoms with E-state index in [4.69, 9.17) is 5.84 Å². The molecule has 1 unspecified atom stereocenters. The molecular formula is C13H22N8. The van der Waals surface area contributed by atoms with E-state index in [-0.39, 0.29) is 0 Å². The number of nitrogens with two attached hydrogens (primary N) is 1. The van der Waals surface area contributed by atoms with Gasteiger partial charge in [0.2, 0.25) is 5.95 Å². The molecule has 0 aliphatic carbocycles. The van der Waals surface area contributed by atoms with E-state index in [0.29, 0.717) is 17.6 Å². The Labute approximate surface area is 123 Å². The fourth-order valence-corrected chi connectivity index (χ4v) is 2.77. The summed E-state index contributed by atoms with van der Waals surface area (Å²) in [6, 6.07) is 0.469. The molecule has 0 radical (unpaired) electrons. The summed E-state index contributed by atoms with van der Waals surface area (Å²) in [7, 11) is 0. The third-order valence-corrected chi connectivity index (χ3v) is 4.02. The first-order valence-electron chi connectivity index (χ1n) is 7.43. The monoisotopic (exact) mass is 290 g/mol. The van der Waals surface area contributed by atoms with E-state index in [1.165, 1.54) is 32.4 Å². The van der Waals surface area contributed by atoms with Gasteiger partial charge in [-0.2, -0.15) is 15.1 Å². The number of piperidine rings is 1. The van der Waals surface area contributed by atoms with Crippen LogP contribution in [0.2, 0.25) is 0 Å². The lowest BCUT2D eigenvalue weighted by Gasteiger charge is -2.32. The van der Waals surface area contributed by atoms with Crippen LogP contribution in [0.15, 0.2) is 6.20 Å². The number of H-pyrrole nitrogens is 1. The lowest BCUT2D eigenvalue weighted by molar-refractivity contribution is 0.180. The number of aromatic nitrogens is 4. The first-order valence-corrected chi connectivity index (χ1v) is 7.43. The fraction of sp³-hybridized carbons (Fsp3) is 0.615. The molecule has 1 aliphatic rings. The Morgan fingerprint density at radius 3 is 2.90 bits per heavy atom. The van der Waals surface area contributed by atoms with Crippen LogP contribution >= 0.6 is 0 Å². The van der Waals surface area contributed by atoms with Gasteiger partial charge in [-0.25, -0.2) is 5.84 Å². The maximum absolute atomic E-state index is 5.41. The molecular weight excluding hydrogens is 268 g/mol. The van der Waals surface area contributed by atoms with Crippen LogP contribution in [0.1, 0.15) is 26.2 Å². The van der Waals surface area contributed by atoms with Crippen LogP contribution in [0.3, 0.4) is 0 Å². The molecule has 0 aromatic carbocycles. The molecule has 114 valence electrons. The Kier molecular flexibility index (Phi) is 4.16. The maximum Gasteiger partial charge on any atom is 0.241 e. The fourth-order valence-electron chi connectivity index (χ4n) is 2.77. The third-order valence-electron chi connectivity index (χ3n) is 4.02. The number of fused-ring (bicyclic) bond motifs is 1. The van der Waals surface area contributed by atoms with Crippen molar-refractivity contribution in [3.8, 4) is 0 Å². The molecule has 3 rings (SSSR count). The highest BCUT2D eigenvalue weighted by Crippen LogP contribution is 2.20. The van der Waals surface area contributed by atoms with Gasteiger partial charge in [0, 0.05) is 12.6 Å².